The van der Waals surface area contributed by atoms with E-state index in [0.29, 0.717) is 13.0 Å². The van der Waals surface area contributed by atoms with E-state index < -0.39 is 0 Å². The minimum Gasteiger partial charge on any atom is -0.492 e. The zero-order chi connectivity index (χ0) is 20.7. The van der Waals surface area contributed by atoms with Crippen molar-refractivity contribution in [2.24, 2.45) is 0 Å². The van der Waals surface area contributed by atoms with Gasteiger partial charge < -0.3 is 18.9 Å². The van der Waals surface area contributed by atoms with Crippen molar-refractivity contribution in [3.05, 3.63) is 58.7 Å². The van der Waals surface area contributed by atoms with Gasteiger partial charge in [0.2, 0.25) is 0 Å². The third-order valence-corrected chi connectivity index (χ3v) is 7.04. The van der Waals surface area contributed by atoms with Gasteiger partial charge in [-0.3, -0.25) is 4.79 Å². The minimum atomic E-state index is -0.213. The molecule has 2 atom stereocenters. The Bertz CT molecular complexity index is 956. The number of carbonyl (C=O) groups is 1. The van der Waals surface area contributed by atoms with Gasteiger partial charge in [-0.25, -0.2) is 0 Å². The zero-order valence-electron chi connectivity index (χ0n) is 17.6. The summed E-state index contributed by atoms with van der Waals surface area (Å²) >= 11 is 0. The molecule has 2 aliphatic carbocycles. The lowest BCUT2D eigenvalue weighted by atomic mass is 9.73. The van der Waals surface area contributed by atoms with E-state index in [1.807, 2.05) is 25.3 Å². The maximum absolute atomic E-state index is 11.6. The molecule has 0 radical (unpaired) electrons. The molecule has 0 unspecified atom stereocenters. The monoisotopic (exact) mass is 408 g/mol. The number of rotatable bonds is 6. The lowest BCUT2D eigenvalue weighted by Gasteiger charge is -2.42. The molecule has 5 nitrogen and oxygen atoms in total. The van der Waals surface area contributed by atoms with Crippen molar-refractivity contribution >= 4 is 5.97 Å². The van der Waals surface area contributed by atoms with Crippen LogP contribution in [0, 0.1) is 0 Å². The van der Waals surface area contributed by atoms with E-state index >= 15 is 0 Å². The molecular formula is C25H28O5. The Morgan fingerprint density at radius 1 is 1.17 bits per heavy atom. The Morgan fingerprint density at radius 3 is 2.77 bits per heavy atom. The smallest absolute Gasteiger partial charge is 0.306 e. The first-order valence-electron chi connectivity index (χ1n) is 10.8. The quantitative estimate of drug-likeness (QED) is 0.642. The van der Waals surface area contributed by atoms with Crippen LogP contribution in [0.4, 0.5) is 0 Å². The summed E-state index contributed by atoms with van der Waals surface area (Å²) in [4.78, 5) is 11.6. The fraction of sp³-hybridized carbons (Fsp3) is 0.480. The summed E-state index contributed by atoms with van der Waals surface area (Å²) in [5.74, 6) is 1.45. The second kappa shape index (κ2) is 7.62. The van der Waals surface area contributed by atoms with Crippen LogP contribution in [0.25, 0.3) is 0 Å². The van der Waals surface area contributed by atoms with Gasteiger partial charge in [0, 0.05) is 24.7 Å². The van der Waals surface area contributed by atoms with Crippen LogP contribution in [0.2, 0.25) is 0 Å². The van der Waals surface area contributed by atoms with Crippen molar-refractivity contribution < 1.29 is 23.7 Å². The predicted molar refractivity (Wildman–Crippen MR) is 112 cm³/mol. The summed E-state index contributed by atoms with van der Waals surface area (Å²) in [5, 5.41) is 0. The van der Waals surface area contributed by atoms with Gasteiger partial charge in [-0.2, -0.15) is 0 Å². The molecule has 0 saturated heterocycles. The van der Waals surface area contributed by atoms with Crippen LogP contribution in [-0.4, -0.2) is 26.8 Å². The largest absolute Gasteiger partial charge is 0.492 e. The van der Waals surface area contributed by atoms with Crippen molar-refractivity contribution in [3.8, 4) is 11.5 Å². The van der Waals surface area contributed by atoms with E-state index in [2.05, 4.69) is 18.2 Å². The molecule has 1 saturated carbocycles. The molecule has 0 bridgehead atoms. The highest BCUT2D eigenvalue weighted by Gasteiger charge is 2.42. The van der Waals surface area contributed by atoms with Crippen LogP contribution < -0.4 is 9.47 Å². The number of benzene rings is 2. The second-order valence-electron chi connectivity index (χ2n) is 8.56. The highest BCUT2D eigenvalue weighted by atomic mass is 16.5. The van der Waals surface area contributed by atoms with E-state index in [0.717, 1.165) is 42.7 Å². The van der Waals surface area contributed by atoms with Gasteiger partial charge in [0.25, 0.3) is 0 Å². The van der Waals surface area contributed by atoms with E-state index in [-0.39, 0.29) is 23.6 Å². The molecular weight excluding hydrogens is 380 g/mol. The molecule has 5 heteroatoms. The number of methoxy groups -OCH3 is 2. The fourth-order valence-electron chi connectivity index (χ4n) is 5.19. The number of ether oxygens (including phenoxy) is 4. The number of fused-ring (bicyclic) bond motifs is 2. The highest BCUT2D eigenvalue weighted by molar-refractivity contribution is 5.71. The van der Waals surface area contributed by atoms with Crippen molar-refractivity contribution in [3.63, 3.8) is 0 Å². The third kappa shape index (κ3) is 3.16. The van der Waals surface area contributed by atoms with Crippen molar-refractivity contribution in [2.75, 3.05) is 20.8 Å². The van der Waals surface area contributed by atoms with Crippen LogP contribution in [0.15, 0.2) is 36.4 Å². The molecule has 0 aromatic heterocycles. The normalized spacial score (nSPS) is 23.1. The first-order valence-corrected chi connectivity index (χ1v) is 10.8. The molecule has 30 heavy (non-hydrogen) atoms. The second-order valence-corrected chi connectivity index (χ2v) is 8.56. The highest BCUT2D eigenvalue weighted by Crippen LogP contribution is 2.49. The average Bonchev–Trinajstić information content (AvgIpc) is 3.32. The van der Waals surface area contributed by atoms with Crippen LogP contribution in [0.3, 0.4) is 0 Å². The van der Waals surface area contributed by atoms with Crippen LogP contribution in [-0.2, 0) is 26.3 Å². The van der Waals surface area contributed by atoms with E-state index in [1.54, 1.807) is 0 Å². The van der Waals surface area contributed by atoms with E-state index in [1.165, 1.54) is 30.2 Å². The summed E-state index contributed by atoms with van der Waals surface area (Å²) in [7, 11) is 3.25. The minimum absolute atomic E-state index is 0.0410. The maximum atomic E-state index is 11.6. The van der Waals surface area contributed by atoms with Gasteiger partial charge in [-0.1, -0.05) is 24.3 Å². The van der Waals surface area contributed by atoms with Gasteiger partial charge in [0.05, 0.1) is 25.7 Å². The van der Waals surface area contributed by atoms with Gasteiger partial charge in [-0.05, 0) is 54.9 Å². The van der Waals surface area contributed by atoms with Gasteiger partial charge >= 0.3 is 5.97 Å². The molecule has 3 aliphatic rings. The maximum Gasteiger partial charge on any atom is 0.306 e. The number of hydrogen-bond donors (Lipinski definition) is 0. The molecule has 1 aliphatic heterocycles. The Labute approximate surface area is 177 Å². The first-order chi connectivity index (χ1) is 14.6. The Balaban J connectivity index is 1.35. The van der Waals surface area contributed by atoms with Gasteiger partial charge in [-0.15, -0.1) is 0 Å². The van der Waals surface area contributed by atoms with E-state index in [9.17, 15) is 4.79 Å². The number of esters is 1. The molecule has 0 spiro atoms. The summed E-state index contributed by atoms with van der Waals surface area (Å²) in [5.41, 5.74) is 4.98. The average molecular weight is 408 g/mol. The summed E-state index contributed by atoms with van der Waals surface area (Å²) in [6, 6.07) is 12.5. The molecule has 2 aromatic carbocycles. The Hall–Kier alpha value is -2.53. The zero-order valence-corrected chi connectivity index (χ0v) is 17.6. The van der Waals surface area contributed by atoms with E-state index in [4.69, 9.17) is 18.9 Å². The lowest BCUT2D eigenvalue weighted by molar-refractivity contribution is -0.141. The lowest BCUT2D eigenvalue weighted by Crippen LogP contribution is -2.37. The SMILES string of the molecule is COC(=O)C[C@@H]1COc2cc(O[C@@H]3CCc4c3cccc4C3(OC)CCC3)ccc21. The van der Waals surface area contributed by atoms with Gasteiger partial charge in [0.15, 0.2) is 0 Å². The Kier molecular flexibility index (Phi) is 4.94. The topological polar surface area (TPSA) is 54.0 Å². The standard InChI is InChI=1S/C25H28O5/c1-27-24(26)13-16-15-29-23-14-17(7-8-18(16)23)30-22-10-9-19-20(22)5-3-6-21(19)25(28-2)11-4-12-25/h3,5-8,14,16,22H,4,9-13,15H2,1-2H3/t16-,22-/m1/s1. The molecule has 1 heterocycles. The number of hydrogen-bond acceptors (Lipinski definition) is 5. The van der Waals surface area contributed by atoms with Crippen LogP contribution >= 0.6 is 0 Å². The molecule has 158 valence electrons. The third-order valence-electron chi connectivity index (χ3n) is 7.04. The van der Waals surface area contributed by atoms with Crippen molar-refractivity contribution in [1.29, 1.82) is 0 Å². The van der Waals surface area contributed by atoms with Crippen LogP contribution in [0.5, 0.6) is 11.5 Å². The molecule has 0 amide bonds. The first kappa shape index (κ1) is 19.4. The Morgan fingerprint density at radius 2 is 2.03 bits per heavy atom. The van der Waals surface area contributed by atoms with Crippen LogP contribution in [0.1, 0.15) is 66.4 Å². The van der Waals surface area contributed by atoms with Crippen molar-refractivity contribution in [2.45, 2.75) is 56.1 Å². The summed E-state index contributed by atoms with van der Waals surface area (Å²) in [6.45, 7) is 0.503. The number of carbonyl (C=O) groups excluding carboxylic acids is 1. The molecule has 1 fully saturated rings. The summed E-state index contributed by atoms with van der Waals surface area (Å²) < 4.78 is 23.0. The predicted octanol–water partition coefficient (Wildman–Crippen LogP) is 4.82. The summed E-state index contributed by atoms with van der Waals surface area (Å²) in [6.07, 6.45) is 5.78. The molecule has 2 aromatic rings. The molecule has 5 rings (SSSR count). The van der Waals surface area contributed by atoms with Gasteiger partial charge in [0.1, 0.15) is 17.6 Å². The fourth-order valence-corrected chi connectivity index (χ4v) is 5.19. The van der Waals surface area contributed by atoms with Crippen molar-refractivity contribution in [1.82, 2.24) is 0 Å². The molecule has 0 N–H and O–H groups in total.